The normalized spacial score (nSPS) is 17.4. The number of nitrogens with zero attached hydrogens (tertiary/aromatic N) is 1. The first kappa shape index (κ1) is 11.8. The molecule has 0 aromatic heterocycles. The van der Waals surface area contributed by atoms with Gasteiger partial charge in [0.15, 0.2) is 0 Å². The largest absolute Gasteiger partial charge is 0.299 e. The molecular formula is C12H17LiN. The Morgan fingerprint density at radius 1 is 1.07 bits per heavy atom. The van der Waals surface area contributed by atoms with Gasteiger partial charge in [-0.3, -0.25) is 4.90 Å². The number of hydrogen-bond donors (Lipinski definition) is 0. The molecule has 1 aliphatic heterocycles. The second-order valence-corrected chi connectivity index (χ2v) is 3.75. The summed E-state index contributed by atoms with van der Waals surface area (Å²) in [5, 5.41) is 0. The van der Waals surface area contributed by atoms with Crippen molar-refractivity contribution >= 4 is 18.9 Å². The van der Waals surface area contributed by atoms with E-state index < -0.39 is 0 Å². The van der Waals surface area contributed by atoms with Crippen LogP contribution in [0.5, 0.6) is 0 Å². The average molecular weight is 182 g/mol. The average Bonchev–Trinajstić information content (AvgIpc) is 2.21. The van der Waals surface area contributed by atoms with E-state index in [1.165, 1.54) is 37.9 Å². The van der Waals surface area contributed by atoms with Crippen molar-refractivity contribution in [1.29, 1.82) is 0 Å². The van der Waals surface area contributed by atoms with Gasteiger partial charge in [0.2, 0.25) is 0 Å². The molecule has 1 radical (unpaired) electrons. The summed E-state index contributed by atoms with van der Waals surface area (Å²) in [6.45, 7) is 3.67. The van der Waals surface area contributed by atoms with Gasteiger partial charge >= 0.3 is 18.9 Å². The van der Waals surface area contributed by atoms with Crippen LogP contribution in [0.3, 0.4) is 0 Å². The molecule has 0 unspecified atom stereocenters. The Bertz CT molecular complexity index is 242. The van der Waals surface area contributed by atoms with E-state index in [1.807, 2.05) is 12.1 Å². The number of likely N-dealkylation sites (tertiary alicyclic amines) is 1. The zero-order valence-electron chi connectivity index (χ0n) is 8.00. The van der Waals surface area contributed by atoms with Gasteiger partial charge < -0.3 is 0 Å². The van der Waals surface area contributed by atoms with Crippen molar-refractivity contribution in [3.63, 3.8) is 0 Å². The zero-order chi connectivity index (χ0) is 8.93. The second kappa shape index (κ2) is 6.30. The fraction of sp³-hybridized carbons (Fsp3) is 0.500. The van der Waals surface area contributed by atoms with Crippen LogP contribution in [0, 0.1) is 6.07 Å². The van der Waals surface area contributed by atoms with Crippen molar-refractivity contribution in [2.24, 2.45) is 0 Å². The molecule has 1 aromatic carbocycles. The zero-order valence-corrected chi connectivity index (χ0v) is 8.00. The van der Waals surface area contributed by atoms with Gasteiger partial charge in [0.05, 0.1) is 0 Å². The van der Waals surface area contributed by atoms with Gasteiger partial charge in [0, 0.05) is 6.54 Å². The molecule has 0 saturated carbocycles. The molecule has 1 saturated heterocycles. The van der Waals surface area contributed by atoms with Crippen LogP contribution in [-0.4, -0.2) is 36.9 Å². The molecule has 14 heavy (non-hydrogen) atoms. The molecule has 0 spiro atoms. The molecule has 1 aliphatic rings. The predicted octanol–water partition coefficient (Wildman–Crippen LogP) is 1.82. The maximum absolute atomic E-state index is 3.05. The van der Waals surface area contributed by atoms with E-state index in [2.05, 4.69) is 23.1 Å². The predicted molar refractivity (Wildman–Crippen MR) is 61.6 cm³/mol. The monoisotopic (exact) mass is 182 g/mol. The number of piperidine rings is 1. The third-order valence-electron chi connectivity index (χ3n) is 2.64. The first-order chi connectivity index (χ1) is 6.45. The fourth-order valence-electron chi connectivity index (χ4n) is 1.90. The summed E-state index contributed by atoms with van der Waals surface area (Å²) in [6.07, 6.45) is 4.16. The van der Waals surface area contributed by atoms with Crippen molar-refractivity contribution in [3.8, 4) is 0 Å². The summed E-state index contributed by atoms with van der Waals surface area (Å²) >= 11 is 0. The quantitative estimate of drug-likeness (QED) is 0.631. The Kier molecular flexibility index (Phi) is 5.33. The number of rotatable bonds is 2. The van der Waals surface area contributed by atoms with Crippen LogP contribution in [0.4, 0.5) is 0 Å². The van der Waals surface area contributed by atoms with Gasteiger partial charge in [-0.2, -0.15) is 0 Å². The minimum absolute atomic E-state index is 0. The van der Waals surface area contributed by atoms with Crippen LogP contribution >= 0.6 is 0 Å². The minimum atomic E-state index is 0. The van der Waals surface area contributed by atoms with Crippen LogP contribution in [0.1, 0.15) is 24.8 Å². The van der Waals surface area contributed by atoms with Crippen LogP contribution in [0.25, 0.3) is 0 Å². The van der Waals surface area contributed by atoms with Crippen LogP contribution in [-0.2, 0) is 6.54 Å². The van der Waals surface area contributed by atoms with Crippen molar-refractivity contribution < 1.29 is 0 Å². The molecule has 0 atom stereocenters. The van der Waals surface area contributed by atoms with Crippen molar-refractivity contribution in [2.75, 3.05) is 13.1 Å². The molecule has 1 nitrogen and oxygen atoms in total. The Morgan fingerprint density at radius 2 is 1.71 bits per heavy atom. The van der Waals surface area contributed by atoms with E-state index in [0.717, 1.165) is 6.54 Å². The third kappa shape index (κ3) is 3.50. The van der Waals surface area contributed by atoms with E-state index in [1.54, 1.807) is 0 Å². The molecule has 0 N–H and O–H groups in total. The summed E-state index contributed by atoms with van der Waals surface area (Å²) < 4.78 is 0. The Labute approximate surface area is 98.7 Å². The first-order valence-corrected chi connectivity index (χ1v) is 5.12. The molecule has 71 valence electrons. The van der Waals surface area contributed by atoms with E-state index >= 15 is 0 Å². The van der Waals surface area contributed by atoms with E-state index in [4.69, 9.17) is 0 Å². The smallest absolute Gasteiger partial charge is 0.0233 e. The van der Waals surface area contributed by atoms with Gasteiger partial charge in [-0.1, -0.05) is 30.7 Å². The molecule has 2 heteroatoms. The molecule has 0 bridgehead atoms. The summed E-state index contributed by atoms with van der Waals surface area (Å²) in [5.41, 5.74) is 1.42. The van der Waals surface area contributed by atoms with Crippen molar-refractivity contribution in [2.45, 2.75) is 25.8 Å². The van der Waals surface area contributed by atoms with E-state index in [9.17, 15) is 0 Å². The van der Waals surface area contributed by atoms with Gasteiger partial charge in [0.25, 0.3) is 0 Å². The van der Waals surface area contributed by atoms with E-state index in [0.29, 0.717) is 0 Å². The van der Waals surface area contributed by atoms with Gasteiger partial charge in [-0.25, -0.2) is 0 Å². The second-order valence-electron chi connectivity index (χ2n) is 3.75. The molecule has 1 fully saturated rings. The number of benzene rings is 1. The van der Waals surface area contributed by atoms with Crippen LogP contribution in [0.15, 0.2) is 24.3 Å². The van der Waals surface area contributed by atoms with Crippen LogP contribution in [0.2, 0.25) is 0 Å². The molecule has 2 rings (SSSR count). The molecule has 0 aliphatic carbocycles. The maximum Gasteiger partial charge on any atom is 0.0233 e. The molecular weight excluding hydrogens is 165 g/mol. The Balaban J connectivity index is 0.000000980. The fourth-order valence-corrected chi connectivity index (χ4v) is 1.90. The van der Waals surface area contributed by atoms with Gasteiger partial charge in [-0.05, 0) is 37.6 Å². The number of hydrogen-bond acceptors (Lipinski definition) is 1. The summed E-state index contributed by atoms with van der Waals surface area (Å²) in [5.74, 6) is 0. The van der Waals surface area contributed by atoms with Crippen LogP contribution < -0.4 is 0 Å². The standard InChI is InChI=1S/C12H16N.Li.H/c1-3-7-12(8-4-1)11-13-9-5-2-6-10-13;;/h3-4,7-8H,2,5-6,9-11H2;;. The third-order valence-corrected chi connectivity index (χ3v) is 2.64. The minimum Gasteiger partial charge on any atom is -0.299 e. The Morgan fingerprint density at radius 3 is 2.36 bits per heavy atom. The summed E-state index contributed by atoms with van der Waals surface area (Å²) in [7, 11) is 0. The first-order valence-electron chi connectivity index (χ1n) is 5.12. The van der Waals surface area contributed by atoms with Crippen molar-refractivity contribution in [3.05, 3.63) is 35.9 Å². The van der Waals surface area contributed by atoms with Gasteiger partial charge in [-0.15, -0.1) is 0 Å². The van der Waals surface area contributed by atoms with E-state index in [-0.39, 0.29) is 18.9 Å². The van der Waals surface area contributed by atoms with Crippen molar-refractivity contribution in [1.82, 2.24) is 4.90 Å². The maximum atomic E-state index is 3.05. The summed E-state index contributed by atoms with van der Waals surface area (Å²) in [6, 6.07) is 11.4. The molecule has 1 heterocycles. The Hall–Kier alpha value is -0.223. The van der Waals surface area contributed by atoms with Gasteiger partial charge in [0.1, 0.15) is 0 Å². The SMILES string of the molecule is [LiH].[c]1ccc(CN2CCCCC2)cc1. The topological polar surface area (TPSA) is 3.24 Å². The molecule has 1 aromatic rings. The summed E-state index contributed by atoms with van der Waals surface area (Å²) in [4.78, 5) is 2.54. The molecule has 0 amide bonds.